The number of nitrogens with zero attached hydrogens (tertiary/aromatic N) is 6. The van der Waals surface area contributed by atoms with Crippen LogP contribution in [0.3, 0.4) is 0 Å². The van der Waals surface area contributed by atoms with E-state index >= 15 is 0 Å². The zero-order valence-electron chi connectivity index (χ0n) is 18.6. The number of ether oxygens (including phenoxy) is 1. The summed E-state index contributed by atoms with van der Waals surface area (Å²) in [6, 6.07) is 4.10. The third-order valence-corrected chi connectivity index (χ3v) is 5.90. The molecule has 1 fully saturated rings. The molecule has 3 aromatic rings. The van der Waals surface area contributed by atoms with Crippen LogP contribution in [0.4, 0.5) is 22.0 Å². The van der Waals surface area contributed by atoms with Crippen LogP contribution in [0.25, 0.3) is 11.0 Å². The van der Waals surface area contributed by atoms with Crippen molar-refractivity contribution < 1.29 is 9.53 Å². The van der Waals surface area contributed by atoms with Gasteiger partial charge in [-0.2, -0.15) is 10.1 Å². The smallest absolute Gasteiger partial charge is 0.327 e. The molecule has 0 bridgehead atoms. The van der Waals surface area contributed by atoms with Crippen LogP contribution >= 0.6 is 0 Å². The molecule has 2 aliphatic heterocycles. The van der Waals surface area contributed by atoms with Gasteiger partial charge in [0.25, 0.3) is 0 Å². The Morgan fingerprint density at radius 1 is 1.38 bits per heavy atom. The molecule has 0 radical (unpaired) electrons. The summed E-state index contributed by atoms with van der Waals surface area (Å²) in [5.41, 5.74) is 3.41. The first-order chi connectivity index (χ1) is 15.5. The number of anilines is 3. The van der Waals surface area contributed by atoms with Crippen LogP contribution in [0, 0.1) is 0 Å². The van der Waals surface area contributed by atoms with E-state index in [1.165, 1.54) is 5.69 Å². The lowest BCUT2D eigenvalue weighted by molar-refractivity contribution is 0.257. The number of rotatable bonds is 4. The summed E-state index contributed by atoms with van der Waals surface area (Å²) < 4.78 is 7.37. The SMILES string of the molecule is CCOc1nc2nn(C)cc2cc1NC(=O)N1CCc2c(N3CCNC(C)C3)ccnc21. The first-order valence-corrected chi connectivity index (χ1v) is 11.1. The fourth-order valence-electron chi connectivity index (χ4n) is 4.50. The Kier molecular flexibility index (Phi) is 5.30. The summed E-state index contributed by atoms with van der Waals surface area (Å²) in [6.07, 6.45) is 4.44. The van der Waals surface area contributed by atoms with Crippen molar-refractivity contribution in [2.45, 2.75) is 26.3 Å². The van der Waals surface area contributed by atoms with Gasteiger partial charge in [-0.05, 0) is 32.4 Å². The van der Waals surface area contributed by atoms with Crippen molar-refractivity contribution in [1.29, 1.82) is 0 Å². The Bertz CT molecular complexity index is 1160. The van der Waals surface area contributed by atoms with E-state index in [1.807, 2.05) is 26.2 Å². The van der Waals surface area contributed by atoms with Crippen molar-refractivity contribution in [1.82, 2.24) is 25.1 Å². The lowest BCUT2D eigenvalue weighted by Crippen LogP contribution is -2.49. The lowest BCUT2D eigenvalue weighted by atomic mass is 10.1. The fourth-order valence-corrected chi connectivity index (χ4v) is 4.50. The highest BCUT2D eigenvalue weighted by Crippen LogP contribution is 2.35. The van der Waals surface area contributed by atoms with Gasteiger partial charge in [-0.1, -0.05) is 0 Å². The van der Waals surface area contributed by atoms with E-state index in [9.17, 15) is 4.79 Å². The maximum absolute atomic E-state index is 13.3. The largest absolute Gasteiger partial charge is 0.476 e. The second kappa shape index (κ2) is 8.27. The van der Waals surface area contributed by atoms with Crippen LogP contribution in [0.2, 0.25) is 0 Å². The number of carbonyl (C=O) groups excluding carboxylic acids is 1. The van der Waals surface area contributed by atoms with E-state index in [4.69, 9.17) is 4.74 Å². The molecule has 0 saturated carbocycles. The van der Waals surface area contributed by atoms with Gasteiger partial charge in [-0.25, -0.2) is 9.78 Å². The van der Waals surface area contributed by atoms with E-state index in [-0.39, 0.29) is 6.03 Å². The first-order valence-electron chi connectivity index (χ1n) is 11.1. The molecule has 1 atom stereocenters. The van der Waals surface area contributed by atoms with Crippen molar-refractivity contribution in [3.05, 3.63) is 30.1 Å². The molecule has 0 aliphatic carbocycles. The summed E-state index contributed by atoms with van der Waals surface area (Å²) in [5, 5.41) is 11.6. The van der Waals surface area contributed by atoms with Crippen LogP contribution in [0.5, 0.6) is 5.88 Å². The Labute approximate surface area is 186 Å². The Balaban J connectivity index is 1.41. The molecule has 2 aliphatic rings. The van der Waals surface area contributed by atoms with Gasteiger partial charge in [-0.15, -0.1) is 0 Å². The molecule has 5 heterocycles. The van der Waals surface area contributed by atoms with E-state index in [0.29, 0.717) is 36.4 Å². The predicted molar refractivity (Wildman–Crippen MR) is 124 cm³/mol. The predicted octanol–water partition coefficient (Wildman–Crippen LogP) is 2.15. The van der Waals surface area contributed by atoms with Crippen LogP contribution in [-0.2, 0) is 13.5 Å². The molecule has 32 heavy (non-hydrogen) atoms. The van der Waals surface area contributed by atoms with Gasteiger partial charge < -0.3 is 20.3 Å². The van der Waals surface area contributed by atoms with Gasteiger partial charge in [0.2, 0.25) is 5.88 Å². The van der Waals surface area contributed by atoms with Crippen LogP contribution in [0.15, 0.2) is 24.5 Å². The minimum absolute atomic E-state index is 0.243. The lowest BCUT2D eigenvalue weighted by Gasteiger charge is -2.34. The highest BCUT2D eigenvalue weighted by molar-refractivity contribution is 6.04. The first kappa shape index (κ1) is 20.5. The maximum atomic E-state index is 13.3. The number of urea groups is 1. The molecule has 2 N–H and O–H groups in total. The maximum Gasteiger partial charge on any atom is 0.327 e. The molecular weight excluding hydrogens is 408 g/mol. The highest BCUT2D eigenvalue weighted by atomic mass is 16.5. The number of hydrogen-bond donors (Lipinski definition) is 2. The van der Waals surface area contributed by atoms with Crippen molar-refractivity contribution in [2.75, 3.05) is 47.9 Å². The summed E-state index contributed by atoms with van der Waals surface area (Å²) >= 11 is 0. The monoisotopic (exact) mass is 436 g/mol. The molecular formula is C22H28N8O2. The average molecular weight is 437 g/mol. The molecule has 168 valence electrons. The quantitative estimate of drug-likeness (QED) is 0.646. The number of hydrogen-bond acceptors (Lipinski definition) is 7. The Morgan fingerprint density at radius 2 is 2.25 bits per heavy atom. The number of nitrogens with one attached hydrogen (secondary N) is 2. The number of aromatic nitrogens is 4. The zero-order valence-corrected chi connectivity index (χ0v) is 18.6. The minimum atomic E-state index is -0.243. The van der Waals surface area contributed by atoms with E-state index in [1.54, 1.807) is 15.8 Å². The van der Waals surface area contributed by atoms with Crippen molar-refractivity contribution in [3.8, 4) is 5.88 Å². The van der Waals surface area contributed by atoms with Gasteiger partial charge in [0, 0.05) is 68.3 Å². The molecule has 10 nitrogen and oxygen atoms in total. The van der Waals surface area contributed by atoms with Gasteiger partial charge in [0.1, 0.15) is 11.5 Å². The zero-order chi connectivity index (χ0) is 22.2. The summed E-state index contributed by atoms with van der Waals surface area (Å²) in [5.74, 6) is 1.09. The second-order valence-corrected chi connectivity index (χ2v) is 8.25. The molecule has 2 amide bonds. The van der Waals surface area contributed by atoms with E-state index in [0.717, 1.165) is 42.8 Å². The Morgan fingerprint density at radius 3 is 3.06 bits per heavy atom. The molecule has 5 rings (SSSR count). The standard InChI is InChI=1S/C22H28N8O2/c1-4-32-21-17(11-15-13-28(3)27-19(15)26-21)25-22(31)30-9-6-16-18(5-7-24-20(16)30)29-10-8-23-14(2)12-29/h5,7,11,13-14,23H,4,6,8-10,12H2,1-3H3,(H,25,31). The Hall–Kier alpha value is -3.40. The van der Waals surface area contributed by atoms with Crippen molar-refractivity contribution in [3.63, 3.8) is 0 Å². The van der Waals surface area contributed by atoms with Crippen molar-refractivity contribution in [2.24, 2.45) is 7.05 Å². The number of fused-ring (bicyclic) bond motifs is 2. The number of aryl methyl sites for hydroxylation is 1. The van der Waals surface area contributed by atoms with Crippen LogP contribution < -0.4 is 25.2 Å². The summed E-state index contributed by atoms with van der Waals surface area (Å²) in [6.45, 7) is 7.94. The summed E-state index contributed by atoms with van der Waals surface area (Å²) in [4.78, 5) is 26.4. The van der Waals surface area contributed by atoms with E-state index in [2.05, 4.69) is 43.6 Å². The second-order valence-electron chi connectivity index (χ2n) is 8.25. The normalized spacial score (nSPS) is 18.2. The number of amides is 2. The number of piperazine rings is 1. The molecule has 10 heteroatoms. The van der Waals surface area contributed by atoms with Gasteiger partial charge in [0.15, 0.2) is 5.65 Å². The topological polar surface area (TPSA) is 100 Å². The molecule has 3 aromatic heterocycles. The molecule has 0 aromatic carbocycles. The molecule has 1 saturated heterocycles. The minimum Gasteiger partial charge on any atom is -0.476 e. The van der Waals surface area contributed by atoms with Gasteiger partial charge in [0.05, 0.1) is 6.61 Å². The third-order valence-electron chi connectivity index (χ3n) is 5.90. The molecule has 0 spiro atoms. The number of carbonyl (C=O) groups is 1. The van der Waals surface area contributed by atoms with Gasteiger partial charge in [-0.3, -0.25) is 9.58 Å². The third kappa shape index (κ3) is 3.70. The number of pyridine rings is 2. The van der Waals surface area contributed by atoms with Gasteiger partial charge >= 0.3 is 6.03 Å². The van der Waals surface area contributed by atoms with Crippen LogP contribution in [-0.4, -0.2) is 64.6 Å². The highest BCUT2D eigenvalue weighted by Gasteiger charge is 2.31. The van der Waals surface area contributed by atoms with E-state index < -0.39 is 0 Å². The molecule has 1 unspecified atom stereocenters. The summed E-state index contributed by atoms with van der Waals surface area (Å²) in [7, 11) is 1.84. The fraction of sp³-hybridized carbons (Fsp3) is 0.455. The van der Waals surface area contributed by atoms with Crippen LogP contribution in [0.1, 0.15) is 19.4 Å². The van der Waals surface area contributed by atoms with Crippen molar-refractivity contribution >= 4 is 34.3 Å². The average Bonchev–Trinajstić information content (AvgIpc) is 3.36.